The molecule has 4 aromatic rings. The Bertz CT molecular complexity index is 907. The fourth-order valence-electron chi connectivity index (χ4n) is 2.60. The summed E-state index contributed by atoms with van der Waals surface area (Å²) >= 11 is 0. The van der Waals surface area contributed by atoms with Crippen molar-refractivity contribution in [2.75, 3.05) is 0 Å². The molecule has 96 valence electrons. The molecule has 0 atom stereocenters. The molecule has 2 aromatic heterocycles. The van der Waals surface area contributed by atoms with E-state index in [1.807, 2.05) is 23.9 Å². The zero-order valence-electron chi connectivity index (χ0n) is 11.2. The first-order chi connectivity index (χ1) is 9.08. The van der Waals surface area contributed by atoms with Gasteiger partial charge in [0, 0.05) is 0 Å². The maximum atomic E-state index is 10.1. The molecule has 0 saturated carbocycles. The number of aryl methyl sites for hydroxylation is 3. The molecule has 2 aromatic carbocycles. The van der Waals surface area contributed by atoms with Crippen molar-refractivity contribution >= 4 is 11.0 Å². The molecular formula is C15H15N3O. The Morgan fingerprint density at radius 2 is 1.53 bits per heavy atom. The molecule has 0 bridgehead atoms. The van der Waals surface area contributed by atoms with Crippen molar-refractivity contribution in [2.45, 2.75) is 20.8 Å². The van der Waals surface area contributed by atoms with Gasteiger partial charge in [-0.1, -0.05) is 6.07 Å². The SMILES string of the molecule is Cc1ccc2c(c1)n1n(-c3cc(C)c(C)cc3O)n21. The van der Waals surface area contributed by atoms with E-state index in [-0.39, 0.29) is 0 Å². The van der Waals surface area contributed by atoms with E-state index in [0.29, 0.717) is 5.75 Å². The van der Waals surface area contributed by atoms with E-state index in [2.05, 4.69) is 41.3 Å². The molecule has 0 spiro atoms. The van der Waals surface area contributed by atoms with Gasteiger partial charge in [-0.2, -0.15) is 0 Å². The lowest BCUT2D eigenvalue weighted by atomic mass is 10.1. The number of aromatic nitrogens is 3. The van der Waals surface area contributed by atoms with Crippen LogP contribution in [0.1, 0.15) is 16.7 Å². The average Bonchev–Trinajstić information content (AvgIpc) is 3.01. The predicted octanol–water partition coefficient (Wildman–Crippen LogP) is 3.05. The molecule has 0 saturated heterocycles. The van der Waals surface area contributed by atoms with Crippen LogP contribution >= 0.6 is 0 Å². The normalized spacial score (nSPS) is 12.2. The van der Waals surface area contributed by atoms with Gasteiger partial charge in [0.25, 0.3) is 0 Å². The first-order valence-electron chi connectivity index (χ1n) is 6.39. The molecule has 0 aliphatic rings. The molecular weight excluding hydrogens is 238 g/mol. The molecule has 0 aliphatic heterocycles. The summed E-state index contributed by atoms with van der Waals surface area (Å²) in [5, 5.41) is 10.1. The van der Waals surface area contributed by atoms with Crippen molar-refractivity contribution in [3.05, 3.63) is 47.0 Å². The fraction of sp³-hybridized carbons (Fsp3) is 0.200. The summed E-state index contributed by atoms with van der Waals surface area (Å²) in [6.45, 7) is 6.16. The van der Waals surface area contributed by atoms with Crippen LogP contribution in [-0.4, -0.2) is 19.2 Å². The van der Waals surface area contributed by atoms with Crippen molar-refractivity contribution in [1.82, 2.24) is 14.1 Å². The van der Waals surface area contributed by atoms with Crippen LogP contribution < -0.4 is 0 Å². The summed E-state index contributed by atoms with van der Waals surface area (Å²) in [4.78, 5) is 1.99. The quantitative estimate of drug-likeness (QED) is 0.556. The highest BCUT2D eigenvalue weighted by atomic mass is 16.3. The summed E-state index contributed by atoms with van der Waals surface area (Å²) in [5.74, 6) is 0.320. The van der Waals surface area contributed by atoms with Gasteiger partial charge in [0.05, 0.1) is 0 Å². The first-order valence-corrected chi connectivity index (χ1v) is 6.39. The number of phenols is 1. The molecule has 19 heavy (non-hydrogen) atoms. The molecule has 0 unspecified atom stereocenters. The van der Waals surface area contributed by atoms with Gasteiger partial charge in [0.15, 0.2) is 0 Å². The topological polar surface area (TPSA) is 34.0 Å². The van der Waals surface area contributed by atoms with E-state index >= 15 is 0 Å². The minimum absolute atomic E-state index is 0.320. The van der Waals surface area contributed by atoms with Crippen LogP contribution in [-0.2, 0) is 0 Å². The number of phenolic OH excluding ortho intramolecular Hbond substituents is 1. The number of rotatable bonds is 1. The van der Waals surface area contributed by atoms with Crippen LogP contribution in [0.4, 0.5) is 0 Å². The van der Waals surface area contributed by atoms with Crippen molar-refractivity contribution in [2.24, 2.45) is 0 Å². The summed E-state index contributed by atoms with van der Waals surface area (Å²) in [7, 11) is 0. The largest absolute Gasteiger partial charge is 0.506 e. The zero-order chi connectivity index (χ0) is 13.3. The number of hydrogen-bond acceptors (Lipinski definition) is 1. The van der Waals surface area contributed by atoms with Crippen LogP contribution in [0.15, 0.2) is 30.3 Å². The molecule has 1 N–H and O–H groups in total. The van der Waals surface area contributed by atoms with Crippen LogP contribution in [0, 0.1) is 20.8 Å². The number of benzene rings is 2. The highest BCUT2D eigenvalue weighted by molar-refractivity contribution is 5.80. The molecule has 0 fully saturated rings. The predicted molar refractivity (Wildman–Crippen MR) is 74.7 cm³/mol. The summed E-state index contributed by atoms with van der Waals surface area (Å²) in [6, 6.07) is 10.2. The van der Waals surface area contributed by atoms with E-state index in [4.69, 9.17) is 0 Å². The lowest BCUT2D eigenvalue weighted by molar-refractivity contribution is 0.471. The molecule has 0 amide bonds. The van der Waals surface area contributed by atoms with E-state index in [9.17, 15) is 5.11 Å². The van der Waals surface area contributed by atoms with E-state index in [1.54, 1.807) is 0 Å². The highest BCUT2D eigenvalue weighted by Gasteiger charge is 2.25. The summed E-state index contributed by atoms with van der Waals surface area (Å²) in [6.07, 6.45) is 0. The third kappa shape index (κ3) is 1.23. The third-order valence-electron chi connectivity index (χ3n) is 3.88. The van der Waals surface area contributed by atoms with Gasteiger partial charge in [-0.05, 0) is 61.7 Å². The van der Waals surface area contributed by atoms with Crippen LogP contribution in [0.3, 0.4) is 0 Å². The van der Waals surface area contributed by atoms with Crippen molar-refractivity contribution in [3.8, 4) is 11.4 Å². The Balaban J connectivity index is 1.96. The van der Waals surface area contributed by atoms with Crippen LogP contribution in [0.5, 0.6) is 5.75 Å². The van der Waals surface area contributed by atoms with Crippen LogP contribution in [0.2, 0.25) is 0 Å². The molecule has 2 heterocycles. The summed E-state index contributed by atoms with van der Waals surface area (Å²) in [5.41, 5.74) is 6.74. The highest BCUT2D eigenvalue weighted by Crippen LogP contribution is 2.32. The molecule has 4 nitrogen and oxygen atoms in total. The van der Waals surface area contributed by atoms with Gasteiger partial charge < -0.3 is 5.11 Å². The van der Waals surface area contributed by atoms with E-state index in [1.165, 1.54) is 22.2 Å². The number of aromatic hydroxyl groups is 1. The summed E-state index contributed by atoms with van der Waals surface area (Å²) < 4.78 is 4.12. The second-order valence-corrected chi connectivity index (χ2v) is 5.29. The Hall–Kier alpha value is -2.36. The second kappa shape index (κ2) is 3.15. The molecule has 0 radical (unpaired) electrons. The lowest BCUT2D eigenvalue weighted by Crippen LogP contribution is -1.90. The van der Waals surface area contributed by atoms with Crippen molar-refractivity contribution in [3.63, 3.8) is 0 Å². The fourth-order valence-corrected chi connectivity index (χ4v) is 2.60. The minimum atomic E-state index is 0.320. The number of fused-ring (bicyclic) bond motifs is 4. The maximum absolute atomic E-state index is 10.1. The van der Waals surface area contributed by atoms with Gasteiger partial charge in [0.1, 0.15) is 22.5 Å². The Labute approximate surface area is 110 Å². The van der Waals surface area contributed by atoms with Crippen LogP contribution in [0.25, 0.3) is 16.7 Å². The number of nitrogens with zero attached hydrogens (tertiary/aromatic N) is 3. The molecule has 4 heteroatoms. The maximum Gasteiger partial charge on any atom is 0.143 e. The first kappa shape index (κ1) is 10.6. The Morgan fingerprint density at radius 1 is 0.842 bits per heavy atom. The van der Waals surface area contributed by atoms with E-state index in [0.717, 1.165) is 11.3 Å². The van der Waals surface area contributed by atoms with Gasteiger partial charge in [-0.3, -0.25) is 0 Å². The zero-order valence-corrected chi connectivity index (χ0v) is 11.2. The molecule has 0 aliphatic carbocycles. The van der Waals surface area contributed by atoms with Gasteiger partial charge in [-0.15, -0.1) is 14.1 Å². The standard InChI is InChI=1S/C15H15N3O/c1-9-4-5-12-13(6-9)17-16(12)18(17)14-7-10(2)11(3)8-15(14)19/h4-8,19H,1-3H3. The Morgan fingerprint density at radius 3 is 2.32 bits per heavy atom. The van der Waals surface area contributed by atoms with Gasteiger partial charge in [-0.25, -0.2) is 0 Å². The monoisotopic (exact) mass is 253 g/mol. The molecule has 4 rings (SSSR count). The lowest BCUT2D eigenvalue weighted by Gasteiger charge is -2.03. The third-order valence-corrected chi connectivity index (χ3v) is 3.88. The Kier molecular flexibility index (Phi) is 1.75. The van der Waals surface area contributed by atoms with Gasteiger partial charge >= 0.3 is 0 Å². The smallest absolute Gasteiger partial charge is 0.143 e. The number of hydrogen-bond donors (Lipinski definition) is 1. The minimum Gasteiger partial charge on any atom is -0.506 e. The van der Waals surface area contributed by atoms with E-state index < -0.39 is 0 Å². The van der Waals surface area contributed by atoms with Crippen molar-refractivity contribution < 1.29 is 5.11 Å². The van der Waals surface area contributed by atoms with Gasteiger partial charge in [0.2, 0.25) is 0 Å². The second-order valence-electron chi connectivity index (χ2n) is 5.29. The van der Waals surface area contributed by atoms with Crippen molar-refractivity contribution in [1.29, 1.82) is 0 Å². The average molecular weight is 253 g/mol.